The Hall–Kier alpha value is -3.47. The maximum absolute atomic E-state index is 13.6. The van der Waals surface area contributed by atoms with Crippen LogP contribution in [0.1, 0.15) is 32.8 Å². The Kier molecular flexibility index (Phi) is 10.6. The summed E-state index contributed by atoms with van der Waals surface area (Å²) < 4.78 is 42.2. The van der Waals surface area contributed by atoms with Crippen LogP contribution in [-0.2, 0) is 26.2 Å². The second-order valence-electron chi connectivity index (χ2n) is 8.67. The fourth-order valence-corrected chi connectivity index (χ4v) is 4.41. The van der Waals surface area contributed by atoms with Crippen molar-refractivity contribution in [3.8, 4) is 17.2 Å². The number of methoxy groups -OCH3 is 3. The number of carbonyl (C=O) groups is 2. The van der Waals surface area contributed by atoms with Gasteiger partial charge in [-0.15, -0.1) is 0 Å². The highest BCUT2D eigenvalue weighted by atomic mass is 32.2. The molecule has 2 amide bonds. The van der Waals surface area contributed by atoms with E-state index in [0.29, 0.717) is 17.2 Å². The molecule has 0 aliphatic carbocycles. The summed E-state index contributed by atoms with van der Waals surface area (Å²) in [6, 6.07) is 10.8. The number of nitrogens with one attached hydrogen (secondary N) is 1. The molecule has 0 spiro atoms. The summed E-state index contributed by atoms with van der Waals surface area (Å²) in [5.74, 6) is 0.525. The van der Waals surface area contributed by atoms with Gasteiger partial charge < -0.3 is 24.4 Å². The van der Waals surface area contributed by atoms with E-state index in [-0.39, 0.29) is 24.2 Å². The summed E-state index contributed by atoms with van der Waals surface area (Å²) in [5, 5.41) is 2.90. The Morgan fingerprint density at radius 3 is 2.08 bits per heavy atom. The molecule has 2 rings (SSSR count). The van der Waals surface area contributed by atoms with E-state index in [1.165, 1.54) is 31.3 Å². The smallest absolute Gasteiger partial charge is 0.244 e. The minimum atomic E-state index is -3.87. The van der Waals surface area contributed by atoms with Gasteiger partial charge >= 0.3 is 0 Å². The van der Waals surface area contributed by atoms with Crippen molar-refractivity contribution in [2.45, 2.75) is 45.8 Å². The van der Waals surface area contributed by atoms with Crippen LogP contribution in [0.25, 0.3) is 0 Å². The first-order valence-corrected chi connectivity index (χ1v) is 13.7. The van der Waals surface area contributed by atoms with E-state index in [2.05, 4.69) is 5.32 Å². The molecule has 10 nitrogen and oxygen atoms in total. The van der Waals surface area contributed by atoms with E-state index < -0.39 is 28.5 Å². The summed E-state index contributed by atoms with van der Waals surface area (Å²) >= 11 is 0. The number of benzene rings is 2. The summed E-state index contributed by atoms with van der Waals surface area (Å²) in [4.78, 5) is 28.0. The predicted octanol–water partition coefficient (Wildman–Crippen LogP) is 2.81. The van der Waals surface area contributed by atoms with Gasteiger partial charge in [0.05, 0.1) is 33.3 Å². The Labute approximate surface area is 219 Å². The molecule has 0 fully saturated rings. The zero-order valence-electron chi connectivity index (χ0n) is 22.5. The van der Waals surface area contributed by atoms with Crippen LogP contribution < -0.4 is 23.8 Å². The van der Waals surface area contributed by atoms with Crippen LogP contribution >= 0.6 is 0 Å². The van der Waals surface area contributed by atoms with Gasteiger partial charge in [-0.2, -0.15) is 0 Å². The molecule has 0 saturated carbocycles. The SMILES string of the molecule is CC[C@H](C)NC(=O)[C@@H](C)N(Cc1ccc(OC)cc1)C(=O)CN(c1ccc(OC)c(OC)c1)S(C)(=O)=O. The summed E-state index contributed by atoms with van der Waals surface area (Å²) in [6.07, 6.45) is 1.75. The molecule has 0 bridgehead atoms. The van der Waals surface area contributed by atoms with Crippen molar-refractivity contribution in [2.75, 3.05) is 38.4 Å². The Balaban J connectivity index is 2.43. The zero-order valence-corrected chi connectivity index (χ0v) is 23.3. The molecule has 11 heteroatoms. The monoisotopic (exact) mass is 535 g/mol. The quantitative estimate of drug-likeness (QED) is 0.419. The van der Waals surface area contributed by atoms with Crippen LogP contribution in [0.3, 0.4) is 0 Å². The van der Waals surface area contributed by atoms with Crippen molar-refractivity contribution in [3.05, 3.63) is 48.0 Å². The van der Waals surface area contributed by atoms with Crippen LogP contribution in [0.15, 0.2) is 42.5 Å². The lowest BCUT2D eigenvalue weighted by Crippen LogP contribution is -2.52. The van der Waals surface area contributed by atoms with Crippen LogP contribution in [0.2, 0.25) is 0 Å². The number of ether oxygens (including phenoxy) is 3. The lowest BCUT2D eigenvalue weighted by atomic mass is 10.1. The minimum Gasteiger partial charge on any atom is -0.497 e. The lowest BCUT2D eigenvalue weighted by Gasteiger charge is -2.32. The molecule has 0 radical (unpaired) electrons. The largest absolute Gasteiger partial charge is 0.497 e. The van der Waals surface area contributed by atoms with E-state index in [9.17, 15) is 18.0 Å². The molecule has 37 heavy (non-hydrogen) atoms. The van der Waals surface area contributed by atoms with E-state index in [0.717, 1.165) is 22.5 Å². The summed E-state index contributed by atoms with van der Waals surface area (Å²) in [6.45, 7) is 5.04. The van der Waals surface area contributed by atoms with Crippen LogP contribution in [0.4, 0.5) is 5.69 Å². The highest BCUT2D eigenvalue weighted by Gasteiger charge is 2.30. The Morgan fingerprint density at radius 2 is 1.57 bits per heavy atom. The molecular formula is C26H37N3O7S. The zero-order chi connectivity index (χ0) is 27.8. The highest BCUT2D eigenvalue weighted by molar-refractivity contribution is 7.92. The number of sulfonamides is 1. The number of rotatable bonds is 13. The third-order valence-electron chi connectivity index (χ3n) is 6.01. The topological polar surface area (TPSA) is 114 Å². The Bertz CT molecular complexity index is 1170. The van der Waals surface area contributed by atoms with Gasteiger partial charge in [-0.1, -0.05) is 19.1 Å². The predicted molar refractivity (Wildman–Crippen MR) is 143 cm³/mol. The molecule has 2 atom stereocenters. The first-order valence-electron chi connectivity index (χ1n) is 11.9. The van der Waals surface area contributed by atoms with E-state index >= 15 is 0 Å². The molecule has 0 unspecified atom stereocenters. The lowest BCUT2D eigenvalue weighted by molar-refractivity contribution is -0.139. The normalized spacial score (nSPS) is 12.7. The number of hydrogen-bond acceptors (Lipinski definition) is 7. The van der Waals surface area contributed by atoms with Crippen molar-refractivity contribution in [2.24, 2.45) is 0 Å². The van der Waals surface area contributed by atoms with E-state index in [1.54, 1.807) is 44.4 Å². The number of amides is 2. The maximum atomic E-state index is 13.6. The van der Waals surface area contributed by atoms with Crippen molar-refractivity contribution < 1.29 is 32.2 Å². The second-order valence-corrected chi connectivity index (χ2v) is 10.6. The minimum absolute atomic E-state index is 0.0767. The van der Waals surface area contributed by atoms with E-state index in [4.69, 9.17) is 14.2 Å². The van der Waals surface area contributed by atoms with Crippen LogP contribution in [0, 0.1) is 0 Å². The van der Waals surface area contributed by atoms with Crippen molar-refractivity contribution >= 4 is 27.5 Å². The maximum Gasteiger partial charge on any atom is 0.244 e. The molecule has 0 heterocycles. The van der Waals surface area contributed by atoms with Gasteiger partial charge in [0, 0.05) is 18.7 Å². The van der Waals surface area contributed by atoms with Crippen molar-refractivity contribution in [1.82, 2.24) is 10.2 Å². The van der Waals surface area contributed by atoms with Gasteiger partial charge in [0.25, 0.3) is 0 Å². The fraction of sp³-hybridized carbons (Fsp3) is 0.462. The van der Waals surface area contributed by atoms with Crippen molar-refractivity contribution in [1.29, 1.82) is 0 Å². The molecule has 0 saturated heterocycles. The van der Waals surface area contributed by atoms with Gasteiger partial charge in [0.15, 0.2) is 11.5 Å². The van der Waals surface area contributed by atoms with Crippen molar-refractivity contribution in [3.63, 3.8) is 0 Å². The molecular weight excluding hydrogens is 498 g/mol. The van der Waals surface area contributed by atoms with Crippen LogP contribution in [0.5, 0.6) is 17.2 Å². The average molecular weight is 536 g/mol. The third-order valence-corrected chi connectivity index (χ3v) is 7.16. The highest BCUT2D eigenvalue weighted by Crippen LogP contribution is 2.32. The molecule has 1 N–H and O–H groups in total. The number of nitrogens with zero attached hydrogens (tertiary/aromatic N) is 2. The first kappa shape index (κ1) is 29.8. The fourth-order valence-electron chi connectivity index (χ4n) is 3.57. The number of hydrogen-bond donors (Lipinski definition) is 1. The number of anilines is 1. The second kappa shape index (κ2) is 13.2. The first-order chi connectivity index (χ1) is 17.4. The molecule has 204 valence electrons. The van der Waals surface area contributed by atoms with Gasteiger partial charge in [-0.05, 0) is 50.1 Å². The van der Waals surface area contributed by atoms with Gasteiger partial charge in [-0.25, -0.2) is 8.42 Å². The molecule has 0 aromatic heterocycles. The Morgan fingerprint density at radius 1 is 0.946 bits per heavy atom. The summed E-state index contributed by atoms with van der Waals surface area (Å²) in [5.41, 5.74) is 0.990. The molecule has 2 aromatic rings. The molecule has 0 aliphatic heterocycles. The number of carbonyl (C=O) groups excluding carboxylic acids is 2. The third kappa shape index (κ3) is 8.01. The van der Waals surface area contributed by atoms with Gasteiger partial charge in [0.2, 0.25) is 21.8 Å². The molecule has 0 aliphatic rings. The average Bonchev–Trinajstić information content (AvgIpc) is 2.88. The van der Waals surface area contributed by atoms with Crippen LogP contribution in [-0.4, -0.2) is 71.3 Å². The van der Waals surface area contributed by atoms with Gasteiger partial charge in [-0.3, -0.25) is 13.9 Å². The summed E-state index contributed by atoms with van der Waals surface area (Å²) in [7, 11) is 0.593. The molecule has 2 aromatic carbocycles. The van der Waals surface area contributed by atoms with E-state index in [1.807, 2.05) is 13.8 Å². The standard InChI is InChI=1S/C26H37N3O7S/c1-8-18(2)27-26(31)19(3)28(16-20-9-12-22(34-4)13-10-20)25(30)17-29(37(7,32)33)21-11-14-23(35-5)24(15-21)36-6/h9-15,18-19H,8,16-17H2,1-7H3,(H,27,31)/t18-,19+/m0/s1. The van der Waals surface area contributed by atoms with Gasteiger partial charge in [0.1, 0.15) is 18.3 Å².